The zero-order chi connectivity index (χ0) is 6.77. The van der Waals surface area contributed by atoms with Gasteiger partial charge in [-0.1, -0.05) is 13.0 Å². The number of fused-ring (bicyclic) bond motifs is 5. The van der Waals surface area contributed by atoms with E-state index in [-0.39, 0.29) is 0 Å². The molecule has 1 heteroatoms. The first-order chi connectivity index (χ1) is 4.87. The van der Waals surface area contributed by atoms with E-state index in [1.165, 1.54) is 19.3 Å². The minimum absolute atomic E-state index is 0.351. The van der Waals surface area contributed by atoms with Crippen LogP contribution in [0.2, 0.25) is 0 Å². The number of hydrogen-bond donors (Lipinski definition) is 0. The molecule has 2 bridgehead atoms. The monoisotopic (exact) mass is 136 g/mol. The third kappa shape index (κ3) is 0.367. The van der Waals surface area contributed by atoms with Crippen molar-refractivity contribution in [2.45, 2.75) is 37.9 Å². The number of hydrogen-bond acceptors (Lipinski definition) is 1. The van der Waals surface area contributed by atoms with E-state index in [1.54, 1.807) is 5.57 Å². The second-order valence-electron chi connectivity index (χ2n) is 3.72. The first-order valence-electron chi connectivity index (χ1n) is 4.23. The molecule has 1 aliphatic heterocycles. The Morgan fingerprint density at radius 2 is 2.70 bits per heavy atom. The van der Waals surface area contributed by atoms with Gasteiger partial charge in [0, 0.05) is 0 Å². The Kier molecular flexibility index (Phi) is 0.713. The molecule has 10 heavy (non-hydrogen) atoms. The van der Waals surface area contributed by atoms with Gasteiger partial charge in [0.25, 0.3) is 0 Å². The highest BCUT2D eigenvalue weighted by atomic mass is 16.6. The average molecular weight is 136 g/mol. The number of ether oxygens (including phenoxy) is 1. The summed E-state index contributed by atoms with van der Waals surface area (Å²) in [6, 6.07) is 0. The molecule has 0 amide bonds. The first kappa shape index (κ1) is 5.36. The summed E-state index contributed by atoms with van der Waals surface area (Å²) in [4.78, 5) is 0. The van der Waals surface area contributed by atoms with Crippen LogP contribution in [-0.2, 0) is 4.74 Å². The van der Waals surface area contributed by atoms with Crippen LogP contribution >= 0.6 is 0 Å². The minimum atomic E-state index is 0.351. The molecule has 1 saturated carbocycles. The molecule has 0 N–H and O–H groups in total. The van der Waals surface area contributed by atoms with E-state index in [2.05, 4.69) is 13.0 Å². The van der Waals surface area contributed by atoms with Crippen molar-refractivity contribution in [3.8, 4) is 0 Å². The summed E-state index contributed by atoms with van der Waals surface area (Å²) in [5.41, 5.74) is 1.95. The summed E-state index contributed by atoms with van der Waals surface area (Å²) in [7, 11) is 0. The molecule has 0 aromatic rings. The van der Waals surface area contributed by atoms with Gasteiger partial charge in [0.2, 0.25) is 0 Å². The standard InChI is InChI=1S/C9H12O/c1-2-9-7-4-3-6(5-7)8(9)10-9/h3,7-8H,2,4-5H2,1H3. The van der Waals surface area contributed by atoms with Gasteiger partial charge < -0.3 is 4.74 Å². The van der Waals surface area contributed by atoms with E-state index in [0.29, 0.717) is 11.7 Å². The van der Waals surface area contributed by atoms with E-state index in [0.717, 1.165) is 5.92 Å². The van der Waals surface area contributed by atoms with Gasteiger partial charge in [-0.25, -0.2) is 0 Å². The highest BCUT2D eigenvalue weighted by Gasteiger charge is 2.67. The van der Waals surface area contributed by atoms with Crippen LogP contribution in [0.1, 0.15) is 26.2 Å². The topological polar surface area (TPSA) is 12.5 Å². The molecule has 1 saturated heterocycles. The van der Waals surface area contributed by atoms with Crippen LogP contribution in [0.25, 0.3) is 0 Å². The lowest BCUT2D eigenvalue weighted by atomic mass is 9.89. The Bertz CT molecular complexity index is 219. The van der Waals surface area contributed by atoms with Crippen LogP contribution in [0.5, 0.6) is 0 Å². The summed E-state index contributed by atoms with van der Waals surface area (Å²) in [6.45, 7) is 2.25. The molecule has 1 nitrogen and oxygen atoms in total. The number of epoxide rings is 1. The molecule has 3 unspecified atom stereocenters. The molecule has 2 fully saturated rings. The second-order valence-corrected chi connectivity index (χ2v) is 3.72. The number of allylic oxidation sites excluding steroid dienone is 1. The molecule has 0 radical (unpaired) electrons. The SMILES string of the molecule is CCC12OC1C1=CCC2C1. The third-order valence-corrected chi connectivity index (χ3v) is 3.45. The lowest BCUT2D eigenvalue weighted by Crippen LogP contribution is -2.20. The maximum absolute atomic E-state index is 5.71. The van der Waals surface area contributed by atoms with Crippen molar-refractivity contribution in [3.05, 3.63) is 11.6 Å². The fourth-order valence-electron chi connectivity index (χ4n) is 2.77. The maximum atomic E-state index is 5.71. The van der Waals surface area contributed by atoms with Crippen molar-refractivity contribution >= 4 is 0 Å². The Morgan fingerprint density at radius 3 is 3.20 bits per heavy atom. The second kappa shape index (κ2) is 1.33. The molecule has 3 rings (SSSR count). The van der Waals surface area contributed by atoms with E-state index >= 15 is 0 Å². The van der Waals surface area contributed by atoms with E-state index in [9.17, 15) is 0 Å². The predicted molar refractivity (Wildman–Crippen MR) is 38.7 cm³/mol. The minimum Gasteiger partial charge on any atom is -0.361 e. The Labute approximate surface area is 61.1 Å². The van der Waals surface area contributed by atoms with Crippen LogP contribution in [0, 0.1) is 5.92 Å². The molecule has 1 heterocycles. The third-order valence-electron chi connectivity index (χ3n) is 3.45. The largest absolute Gasteiger partial charge is 0.361 e. The van der Waals surface area contributed by atoms with Gasteiger partial charge in [0.05, 0.1) is 0 Å². The fraction of sp³-hybridized carbons (Fsp3) is 0.778. The van der Waals surface area contributed by atoms with Gasteiger partial charge in [0.15, 0.2) is 0 Å². The van der Waals surface area contributed by atoms with E-state index in [1.807, 2.05) is 0 Å². The molecule has 3 aliphatic rings. The van der Waals surface area contributed by atoms with Crippen molar-refractivity contribution < 1.29 is 4.74 Å². The smallest absolute Gasteiger partial charge is 0.109 e. The van der Waals surface area contributed by atoms with Crippen molar-refractivity contribution in [2.75, 3.05) is 0 Å². The highest BCUT2D eigenvalue weighted by molar-refractivity contribution is 5.37. The van der Waals surface area contributed by atoms with Crippen LogP contribution in [0.4, 0.5) is 0 Å². The van der Waals surface area contributed by atoms with Gasteiger partial charge in [-0.05, 0) is 30.8 Å². The van der Waals surface area contributed by atoms with E-state index in [4.69, 9.17) is 4.74 Å². The maximum Gasteiger partial charge on any atom is 0.109 e. The molecule has 3 atom stereocenters. The lowest BCUT2D eigenvalue weighted by molar-refractivity contribution is 0.206. The van der Waals surface area contributed by atoms with Crippen molar-refractivity contribution in [3.63, 3.8) is 0 Å². The zero-order valence-electron chi connectivity index (χ0n) is 6.26. The predicted octanol–water partition coefficient (Wildman–Crippen LogP) is 1.88. The number of rotatable bonds is 1. The van der Waals surface area contributed by atoms with Crippen LogP contribution < -0.4 is 0 Å². The summed E-state index contributed by atoms with van der Waals surface area (Å²) in [5.74, 6) is 0.859. The summed E-state index contributed by atoms with van der Waals surface area (Å²) in [5, 5.41) is 0. The Hall–Kier alpha value is -0.300. The lowest BCUT2D eigenvalue weighted by Gasteiger charge is -2.14. The summed E-state index contributed by atoms with van der Waals surface area (Å²) in [6.07, 6.45) is 6.81. The van der Waals surface area contributed by atoms with Gasteiger partial charge in [-0.2, -0.15) is 0 Å². The van der Waals surface area contributed by atoms with Gasteiger partial charge in [0.1, 0.15) is 11.7 Å². The summed E-state index contributed by atoms with van der Waals surface area (Å²) < 4.78 is 5.71. The van der Waals surface area contributed by atoms with Gasteiger partial charge in [-0.15, -0.1) is 0 Å². The molecule has 0 spiro atoms. The van der Waals surface area contributed by atoms with Gasteiger partial charge in [-0.3, -0.25) is 0 Å². The molecular weight excluding hydrogens is 124 g/mol. The van der Waals surface area contributed by atoms with Crippen LogP contribution in [0.15, 0.2) is 11.6 Å². The average Bonchev–Trinajstić information content (AvgIpc) is 2.47. The Balaban J connectivity index is 2.04. The van der Waals surface area contributed by atoms with E-state index < -0.39 is 0 Å². The molecule has 2 aliphatic carbocycles. The Morgan fingerprint density at radius 1 is 1.80 bits per heavy atom. The highest BCUT2D eigenvalue weighted by Crippen LogP contribution is 2.62. The van der Waals surface area contributed by atoms with Gasteiger partial charge >= 0.3 is 0 Å². The zero-order valence-corrected chi connectivity index (χ0v) is 6.26. The quantitative estimate of drug-likeness (QED) is 0.396. The first-order valence-corrected chi connectivity index (χ1v) is 4.23. The van der Waals surface area contributed by atoms with Crippen LogP contribution in [-0.4, -0.2) is 11.7 Å². The van der Waals surface area contributed by atoms with Crippen LogP contribution in [0.3, 0.4) is 0 Å². The fourth-order valence-corrected chi connectivity index (χ4v) is 2.77. The molecule has 54 valence electrons. The normalized spacial score (nSPS) is 54.7. The molecule has 0 aromatic heterocycles. The van der Waals surface area contributed by atoms with Crippen molar-refractivity contribution in [1.29, 1.82) is 0 Å². The molecule has 0 aromatic carbocycles. The molecular formula is C9H12O. The van der Waals surface area contributed by atoms with Crippen molar-refractivity contribution in [2.24, 2.45) is 5.92 Å². The van der Waals surface area contributed by atoms with Crippen molar-refractivity contribution in [1.82, 2.24) is 0 Å². The summed E-state index contributed by atoms with van der Waals surface area (Å²) >= 11 is 0.